The number of hydrogen-bond acceptors (Lipinski definition) is 6. The molecule has 2 aliphatic heterocycles. The van der Waals surface area contributed by atoms with Crippen molar-refractivity contribution in [1.82, 2.24) is 15.1 Å². The van der Waals surface area contributed by atoms with E-state index in [0.717, 1.165) is 32.8 Å². The fourth-order valence-electron chi connectivity index (χ4n) is 3.36. The van der Waals surface area contributed by atoms with Crippen LogP contribution in [-0.4, -0.2) is 95.9 Å². The lowest BCUT2D eigenvalue weighted by molar-refractivity contribution is -0.127. The van der Waals surface area contributed by atoms with Gasteiger partial charge in [0.15, 0.2) is 0 Å². The Morgan fingerprint density at radius 3 is 2.21 bits per heavy atom. The van der Waals surface area contributed by atoms with E-state index >= 15 is 0 Å². The number of nitrogens with zero attached hydrogens (tertiary/aromatic N) is 2. The van der Waals surface area contributed by atoms with Crippen molar-refractivity contribution in [3.63, 3.8) is 0 Å². The van der Waals surface area contributed by atoms with E-state index in [-0.39, 0.29) is 30.5 Å². The highest BCUT2D eigenvalue weighted by molar-refractivity contribution is 5.76. The quantitative estimate of drug-likeness (QED) is 0.559. The molecule has 9 nitrogen and oxygen atoms in total. The third-order valence-electron chi connectivity index (χ3n) is 4.99. The molecule has 0 bridgehead atoms. The first kappa shape index (κ1) is 26.3. The van der Waals surface area contributed by atoms with Gasteiger partial charge in [0.1, 0.15) is 0 Å². The Balaban J connectivity index is 0.00000108. The average molecular weight is 404 g/mol. The van der Waals surface area contributed by atoms with E-state index in [1.807, 2.05) is 0 Å². The first-order chi connectivity index (χ1) is 13.2. The molecule has 2 saturated heterocycles. The Labute approximate surface area is 168 Å². The Kier molecular flexibility index (Phi) is 13.4. The number of morpholine rings is 1. The van der Waals surface area contributed by atoms with Crippen LogP contribution in [-0.2, 0) is 19.1 Å². The second-order valence-corrected chi connectivity index (χ2v) is 7.78. The molecule has 0 aromatic carbocycles. The van der Waals surface area contributed by atoms with Crippen molar-refractivity contribution < 1.29 is 29.3 Å². The summed E-state index contributed by atoms with van der Waals surface area (Å²) in [7, 11) is 0. The normalized spacial score (nSPS) is 20.4. The maximum atomic E-state index is 12.2. The molecule has 2 heterocycles. The standard InChI is InChI=1S/C17H33N3O2.2CH2O2/c1-14(2)19-9-10-22-15(12-19)11-16(21)18-13-17(3,4)20-7-5-6-8-20;2*2-1-3/h14-15H,5-13H2,1-4H3,(H,18,21);2*1H,(H,2,3). The molecule has 3 N–H and O–H groups in total. The number of carboxylic acid groups (broad SMARTS) is 2. The Bertz CT molecular complexity index is 447. The zero-order valence-electron chi connectivity index (χ0n) is 17.6. The predicted molar refractivity (Wildman–Crippen MR) is 106 cm³/mol. The van der Waals surface area contributed by atoms with Crippen molar-refractivity contribution in [2.75, 3.05) is 39.3 Å². The van der Waals surface area contributed by atoms with Gasteiger partial charge >= 0.3 is 0 Å². The van der Waals surface area contributed by atoms with Crippen molar-refractivity contribution in [1.29, 1.82) is 0 Å². The zero-order valence-corrected chi connectivity index (χ0v) is 17.6. The van der Waals surface area contributed by atoms with Crippen molar-refractivity contribution >= 4 is 18.9 Å². The minimum absolute atomic E-state index is 0.0334. The van der Waals surface area contributed by atoms with Crippen LogP contribution in [0.15, 0.2) is 0 Å². The van der Waals surface area contributed by atoms with Gasteiger partial charge < -0.3 is 20.3 Å². The number of carbonyl (C=O) groups is 3. The molecular weight excluding hydrogens is 366 g/mol. The summed E-state index contributed by atoms with van der Waals surface area (Å²) in [4.78, 5) is 33.8. The van der Waals surface area contributed by atoms with Gasteiger partial charge in [-0.3, -0.25) is 24.2 Å². The highest BCUT2D eigenvalue weighted by atomic mass is 16.5. The number of ether oxygens (including phenoxy) is 1. The number of amides is 1. The van der Waals surface area contributed by atoms with Gasteiger partial charge in [0, 0.05) is 31.2 Å². The molecule has 0 aromatic heterocycles. The lowest BCUT2D eigenvalue weighted by Crippen LogP contribution is -2.51. The molecule has 0 aromatic rings. The Hall–Kier alpha value is -1.71. The second kappa shape index (κ2) is 14.3. The summed E-state index contributed by atoms with van der Waals surface area (Å²) in [5.74, 6) is 0.114. The van der Waals surface area contributed by atoms with Crippen molar-refractivity contribution in [3.8, 4) is 0 Å². The summed E-state index contributed by atoms with van der Waals surface area (Å²) >= 11 is 0. The van der Waals surface area contributed by atoms with Gasteiger partial charge in [-0.2, -0.15) is 0 Å². The molecule has 0 spiro atoms. The lowest BCUT2D eigenvalue weighted by Gasteiger charge is -2.37. The van der Waals surface area contributed by atoms with Gasteiger partial charge in [0.2, 0.25) is 5.91 Å². The van der Waals surface area contributed by atoms with Crippen LogP contribution >= 0.6 is 0 Å². The summed E-state index contributed by atoms with van der Waals surface area (Å²) in [6.07, 6.45) is 3.06. The van der Waals surface area contributed by atoms with Crippen LogP contribution in [0.4, 0.5) is 0 Å². The molecule has 2 fully saturated rings. The first-order valence-corrected chi connectivity index (χ1v) is 9.74. The number of rotatable bonds is 6. The van der Waals surface area contributed by atoms with E-state index in [2.05, 4.69) is 42.8 Å². The summed E-state index contributed by atoms with van der Waals surface area (Å²) in [6, 6.07) is 0.517. The first-order valence-electron chi connectivity index (χ1n) is 9.74. The molecule has 0 radical (unpaired) electrons. The van der Waals surface area contributed by atoms with E-state index in [9.17, 15) is 4.79 Å². The molecule has 28 heavy (non-hydrogen) atoms. The molecule has 1 atom stereocenters. The van der Waals surface area contributed by atoms with Crippen LogP contribution in [0.2, 0.25) is 0 Å². The Morgan fingerprint density at radius 1 is 1.18 bits per heavy atom. The molecule has 2 aliphatic rings. The van der Waals surface area contributed by atoms with E-state index < -0.39 is 0 Å². The number of hydrogen-bond donors (Lipinski definition) is 3. The molecule has 1 amide bonds. The van der Waals surface area contributed by atoms with E-state index in [4.69, 9.17) is 24.5 Å². The van der Waals surface area contributed by atoms with Crippen LogP contribution < -0.4 is 5.32 Å². The molecule has 9 heteroatoms. The topological polar surface area (TPSA) is 119 Å². The third-order valence-corrected chi connectivity index (χ3v) is 4.99. The molecule has 1 unspecified atom stereocenters. The molecule has 2 rings (SSSR count). The number of carbonyl (C=O) groups excluding carboxylic acids is 1. The van der Waals surface area contributed by atoms with E-state index in [0.29, 0.717) is 19.0 Å². The number of likely N-dealkylation sites (tertiary alicyclic amines) is 1. The van der Waals surface area contributed by atoms with Crippen LogP contribution in [0, 0.1) is 0 Å². The molecular formula is C19H37N3O6. The van der Waals surface area contributed by atoms with E-state index in [1.54, 1.807) is 0 Å². The van der Waals surface area contributed by atoms with Crippen LogP contribution in [0.5, 0.6) is 0 Å². The van der Waals surface area contributed by atoms with Gasteiger partial charge in [0.25, 0.3) is 12.9 Å². The van der Waals surface area contributed by atoms with Gasteiger partial charge in [-0.05, 0) is 53.6 Å². The fraction of sp³-hybridized carbons (Fsp3) is 0.842. The minimum atomic E-state index is -0.250. The van der Waals surface area contributed by atoms with Crippen molar-refractivity contribution in [2.45, 2.75) is 64.6 Å². The molecule has 0 aliphatic carbocycles. The van der Waals surface area contributed by atoms with Crippen LogP contribution in [0.25, 0.3) is 0 Å². The highest BCUT2D eigenvalue weighted by Crippen LogP contribution is 2.20. The van der Waals surface area contributed by atoms with Crippen LogP contribution in [0.3, 0.4) is 0 Å². The maximum absolute atomic E-state index is 12.2. The highest BCUT2D eigenvalue weighted by Gasteiger charge is 2.30. The van der Waals surface area contributed by atoms with Gasteiger partial charge in [-0.1, -0.05) is 0 Å². The fourth-order valence-corrected chi connectivity index (χ4v) is 3.36. The molecule has 0 saturated carbocycles. The number of nitrogens with one attached hydrogen (secondary N) is 1. The maximum Gasteiger partial charge on any atom is 0.290 e. The van der Waals surface area contributed by atoms with Crippen molar-refractivity contribution in [2.24, 2.45) is 0 Å². The average Bonchev–Trinajstić information content (AvgIpc) is 3.17. The van der Waals surface area contributed by atoms with Gasteiger partial charge in [0.05, 0.1) is 19.1 Å². The predicted octanol–water partition coefficient (Wildman–Crippen LogP) is 0.878. The summed E-state index contributed by atoms with van der Waals surface area (Å²) in [5.41, 5.74) is 0.0452. The Morgan fingerprint density at radius 2 is 1.71 bits per heavy atom. The van der Waals surface area contributed by atoms with Gasteiger partial charge in [-0.15, -0.1) is 0 Å². The summed E-state index contributed by atoms with van der Waals surface area (Å²) in [6.45, 7) is 13.9. The summed E-state index contributed by atoms with van der Waals surface area (Å²) < 4.78 is 5.75. The van der Waals surface area contributed by atoms with Crippen LogP contribution in [0.1, 0.15) is 47.0 Å². The summed E-state index contributed by atoms with van der Waals surface area (Å²) in [5, 5.41) is 16.9. The van der Waals surface area contributed by atoms with E-state index in [1.165, 1.54) is 12.8 Å². The second-order valence-electron chi connectivity index (χ2n) is 7.78. The largest absolute Gasteiger partial charge is 0.483 e. The smallest absolute Gasteiger partial charge is 0.290 e. The zero-order chi connectivity index (χ0) is 21.6. The lowest BCUT2D eigenvalue weighted by atomic mass is 10.0. The van der Waals surface area contributed by atoms with Crippen molar-refractivity contribution in [3.05, 3.63) is 0 Å². The monoisotopic (exact) mass is 403 g/mol. The van der Waals surface area contributed by atoms with Gasteiger partial charge in [-0.25, -0.2) is 0 Å². The minimum Gasteiger partial charge on any atom is -0.483 e. The SMILES string of the molecule is CC(C)N1CCOC(CC(=O)NCC(C)(C)N2CCCC2)C1.O=CO.O=CO. The third kappa shape index (κ3) is 10.6. The molecule has 164 valence electrons.